The van der Waals surface area contributed by atoms with Crippen LogP contribution in [0.1, 0.15) is 73.6 Å². The average Bonchev–Trinajstić information content (AvgIpc) is 2.28. The van der Waals surface area contributed by atoms with E-state index in [1.54, 1.807) is 6.92 Å². The van der Waals surface area contributed by atoms with Gasteiger partial charge in [-0.2, -0.15) is 0 Å². The van der Waals surface area contributed by atoms with Gasteiger partial charge in [0.15, 0.2) is 0 Å². The van der Waals surface area contributed by atoms with Gasteiger partial charge in [-0.15, -0.1) is 0 Å². The maximum atomic E-state index is 11.8. The highest BCUT2D eigenvalue weighted by molar-refractivity contribution is 5.78. The molecule has 1 nitrogen and oxygen atoms in total. The molecule has 0 aliphatic heterocycles. The molecule has 1 atom stereocenters. The molecule has 16 heavy (non-hydrogen) atoms. The van der Waals surface area contributed by atoms with Crippen molar-refractivity contribution in [2.75, 3.05) is 0 Å². The third-order valence-corrected chi connectivity index (χ3v) is 4.56. The molecule has 0 aromatic carbocycles. The monoisotopic (exact) mass is 226 g/mol. The Bertz CT molecular complexity index is 199. The van der Waals surface area contributed by atoms with Crippen molar-refractivity contribution in [3.8, 4) is 0 Å². The molecule has 0 spiro atoms. The third kappa shape index (κ3) is 4.27. The van der Waals surface area contributed by atoms with Crippen LogP contribution in [0.4, 0.5) is 0 Å². The molecule has 0 rings (SSSR count). The third-order valence-electron chi connectivity index (χ3n) is 4.56. The van der Waals surface area contributed by atoms with Crippen LogP contribution in [0.2, 0.25) is 0 Å². The summed E-state index contributed by atoms with van der Waals surface area (Å²) in [4.78, 5) is 11.8. The molecule has 0 heterocycles. The van der Waals surface area contributed by atoms with Gasteiger partial charge in [0.1, 0.15) is 5.78 Å². The van der Waals surface area contributed by atoms with Gasteiger partial charge in [0, 0.05) is 5.92 Å². The predicted molar refractivity (Wildman–Crippen MR) is 71.5 cm³/mol. The number of carbonyl (C=O) groups excluding carboxylic acids is 1. The van der Waals surface area contributed by atoms with Crippen LogP contribution in [-0.4, -0.2) is 5.78 Å². The fourth-order valence-electron chi connectivity index (χ4n) is 2.57. The zero-order valence-electron chi connectivity index (χ0n) is 12.1. The van der Waals surface area contributed by atoms with E-state index in [0.717, 1.165) is 19.3 Å². The van der Waals surface area contributed by atoms with Crippen molar-refractivity contribution in [3.05, 3.63) is 0 Å². The second kappa shape index (κ2) is 7.09. The van der Waals surface area contributed by atoms with Crippen molar-refractivity contribution in [1.29, 1.82) is 0 Å². The summed E-state index contributed by atoms with van der Waals surface area (Å²) in [5.74, 6) is 1.25. The molecule has 0 radical (unpaired) electrons. The minimum Gasteiger partial charge on any atom is -0.300 e. The molecular weight excluding hydrogens is 196 g/mol. The molecule has 0 aliphatic carbocycles. The minimum atomic E-state index is 0.278. The van der Waals surface area contributed by atoms with Crippen LogP contribution in [-0.2, 0) is 4.79 Å². The molecule has 1 unspecified atom stereocenters. The summed E-state index contributed by atoms with van der Waals surface area (Å²) >= 11 is 0. The summed E-state index contributed by atoms with van der Waals surface area (Å²) in [5.41, 5.74) is 0.346. The summed E-state index contributed by atoms with van der Waals surface area (Å²) in [6.45, 7) is 13.0. The van der Waals surface area contributed by atoms with Crippen molar-refractivity contribution in [3.63, 3.8) is 0 Å². The number of ketones is 1. The van der Waals surface area contributed by atoms with E-state index in [0.29, 0.717) is 17.1 Å². The van der Waals surface area contributed by atoms with Gasteiger partial charge in [0.2, 0.25) is 0 Å². The van der Waals surface area contributed by atoms with Crippen molar-refractivity contribution in [2.45, 2.75) is 73.6 Å². The molecular formula is C15H30O. The van der Waals surface area contributed by atoms with E-state index in [1.165, 1.54) is 12.8 Å². The van der Waals surface area contributed by atoms with Crippen LogP contribution in [0.25, 0.3) is 0 Å². The van der Waals surface area contributed by atoms with Gasteiger partial charge in [-0.3, -0.25) is 4.79 Å². The second-order valence-electron chi connectivity index (χ2n) is 5.52. The fourth-order valence-corrected chi connectivity index (χ4v) is 2.57. The smallest absolute Gasteiger partial charge is 0.133 e. The summed E-state index contributed by atoms with van der Waals surface area (Å²) in [5, 5.41) is 0. The summed E-state index contributed by atoms with van der Waals surface area (Å²) < 4.78 is 0. The molecule has 0 N–H and O–H groups in total. The Hall–Kier alpha value is -0.330. The lowest BCUT2D eigenvalue weighted by Crippen LogP contribution is -2.28. The van der Waals surface area contributed by atoms with Gasteiger partial charge in [0.25, 0.3) is 0 Å². The lowest BCUT2D eigenvalue weighted by Gasteiger charge is -2.34. The molecule has 0 aliphatic rings. The summed E-state index contributed by atoms with van der Waals surface area (Å²) in [6, 6.07) is 0. The number of carbonyl (C=O) groups is 1. The van der Waals surface area contributed by atoms with E-state index in [1.807, 2.05) is 0 Å². The summed E-state index contributed by atoms with van der Waals surface area (Å²) in [7, 11) is 0. The second-order valence-corrected chi connectivity index (χ2v) is 5.52. The molecule has 0 saturated carbocycles. The highest BCUT2D eigenvalue weighted by Gasteiger charge is 2.30. The van der Waals surface area contributed by atoms with E-state index in [9.17, 15) is 4.79 Å². The van der Waals surface area contributed by atoms with Gasteiger partial charge in [-0.25, -0.2) is 0 Å². The Labute approximate surface area is 102 Å². The van der Waals surface area contributed by atoms with Gasteiger partial charge in [-0.1, -0.05) is 60.3 Å². The molecule has 0 saturated heterocycles. The van der Waals surface area contributed by atoms with Crippen molar-refractivity contribution in [1.82, 2.24) is 0 Å². The average molecular weight is 226 g/mol. The van der Waals surface area contributed by atoms with Crippen LogP contribution in [0.15, 0.2) is 0 Å². The minimum absolute atomic E-state index is 0.278. The van der Waals surface area contributed by atoms with Crippen LogP contribution in [0.3, 0.4) is 0 Å². The van der Waals surface area contributed by atoms with E-state index < -0.39 is 0 Å². The quantitative estimate of drug-likeness (QED) is 0.578. The largest absolute Gasteiger partial charge is 0.300 e. The first kappa shape index (κ1) is 15.7. The number of hydrogen-bond acceptors (Lipinski definition) is 1. The van der Waals surface area contributed by atoms with Crippen LogP contribution >= 0.6 is 0 Å². The normalized spacial score (nSPS) is 14.2. The maximum Gasteiger partial charge on any atom is 0.133 e. The first-order valence-corrected chi connectivity index (χ1v) is 6.94. The highest BCUT2D eigenvalue weighted by Crippen LogP contribution is 2.37. The van der Waals surface area contributed by atoms with E-state index in [4.69, 9.17) is 0 Å². The number of hydrogen-bond donors (Lipinski definition) is 0. The Morgan fingerprint density at radius 1 is 1.06 bits per heavy atom. The lowest BCUT2D eigenvalue weighted by atomic mass is 9.71. The topological polar surface area (TPSA) is 17.1 Å². The van der Waals surface area contributed by atoms with Crippen LogP contribution in [0, 0.1) is 17.3 Å². The van der Waals surface area contributed by atoms with Gasteiger partial charge in [-0.05, 0) is 24.7 Å². The first-order chi connectivity index (χ1) is 7.44. The highest BCUT2D eigenvalue weighted by atomic mass is 16.1. The zero-order chi connectivity index (χ0) is 12.8. The molecule has 96 valence electrons. The molecule has 1 heteroatoms. The molecule has 0 bridgehead atoms. The van der Waals surface area contributed by atoms with Crippen LogP contribution < -0.4 is 0 Å². The summed E-state index contributed by atoms with van der Waals surface area (Å²) in [6.07, 6.45) is 5.68. The standard InChI is InChI=1S/C15H30O/c1-7-13(8-2)14(12(5)16)11-15(6,9-3)10-4/h13-14H,7-11H2,1-6H3. The van der Waals surface area contributed by atoms with Crippen molar-refractivity contribution < 1.29 is 4.79 Å². The SMILES string of the molecule is CCC(CC)C(CC(C)(CC)CC)C(C)=O. The molecule has 0 aromatic rings. The van der Waals surface area contributed by atoms with Crippen LogP contribution in [0.5, 0.6) is 0 Å². The Balaban J connectivity index is 4.73. The molecule has 0 amide bonds. The fraction of sp³-hybridized carbons (Fsp3) is 0.933. The first-order valence-electron chi connectivity index (χ1n) is 6.94. The number of Topliss-reactive ketones (excluding diaryl/α,β-unsaturated/α-hetero) is 1. The Kier molecular flexibility index (Phi) is 6.94. The van der Waals surface area contributed by atoms with Gasteiger partial charge in [0.05, 0.1) is 0 Å². The van der Waals surface area contributed by atoms with E-state index in [-0.39, 0.29) is 5.92 Å². The van der Waals surface area contributed by atoms with E-state index >= 15 is 0 Å². The van der Waals surface area contributed by atoms with Gasteiger partial charge < -0.3 is 0 Å². The Morgan fingerprint density at radius 2 is 1.50 bits per heavy atom. The zero-order valence-corrected chi connectivity index (χ0v) is 12.1. The Morgan fingerprint density at radius 3 is 1.75 bits per heavy atom. The van der Waals surface area contributed by atoms with Crippen molar-refractivity contribution in [2.24, 2.45) is 17.3 Å². The lowest BCUT2D eigenvalue weighted by molar-refractivity contribution is -0.123. The van der Waals surface area contributed by atoms with Crippen molar-refractivity contribution >= 4 is 5.78 Å². The molecule has 0 aromatic heterocycles. The maximum absolute atomic E-state index is 11.8. The number of rotatable bonds is 8. The molecule has 0 fully saturated rings. The van der Waals surface area contributed by atoms with E-state index in [2.05, 4.69) is 34.6 Å². The van der Waals surface area contributed by atoms with Gasteiger partial charge >= 0.3 is 0 Å². The predicted octanol–water partition coefficient (Wildman–Crippen LogP) is 4.84.